The number of rotatable bonds is 2. The van der Waals surface area contributed by atoms with E-state index >= 15 is 0 Å². The number of furan rings is 1. The lowest BCUT2D eigenvalue weighted by molar-refractivity contribution is 0.557. The number of hydrogen-bond donors (Lipinski definition) is 1. The zero-order valence-corrected chi connectivity index (χ0v) is 11.4. The van der Waals surface area contributed by atoms with Crippen LogP contribution < -0.4 is 11.3 Å². The van der Waals surface area contributed by atoms with Crippen LogP contribution in [0.5, 0.6) is 0 Å². The van der Waals surface area contributed by atoms with Crippen LogP contribution in [-0.4, -0.2) is 9.55 Å². The van der Waals surface area contributed by atoms with E-state index in [0.717, 1.165) is 23.3 Å². The minimum absolute atomic E-state index is 0.0696. The van der Waals surface area contributed by atoms with E-state index in [4.69, 9.17) is 10.2 Å². The third-order valence-electron chi connectivity index (χ3n) is 3.39. The monoisotopic (exact) mass is 269 g/mol. The second kappa shape index (κ2) is 4.52. The van der Waals surface area contributed by atoms with Gasteiger partial charge < -0.3 is 14.7 Å². The van der Waals surface area contributed by atoms with Crippen molar-refractivity contribution in [3.8, 4) is 11.1 Å². The van der Waals surface area contributed by atoms with E-state index in [-0.39, 0.29) is 5.56 Å². The molecule has 0 aliphatic rings. The van der Waals surface area contributed by atoms with Gasteiger partial charge in [0.15, 0.2) is 0 Å². The Hall–Kier alpha value is -2.56. The van der Waals surface area contributed by atoms with Crippen LogP contribution in [0.15, 0.2) is 39.9 Å². The Kier molecular flexibility index (Phi) is 2.82. The number of pyridine rings is 2. The largest absolute Gasteiger partial charge is 0.460 e. The van der Waals surface area contributed by atoms with Crippen molar-refractivity contribution in [3.05, 3.63) is 46.8 Å². The third kappa shape index (κ3) is 1.79. The van der Waals surface area contributed by atoms with Crippen LogP contribution >= 0.6 is 0 Å². The smallest absolute Gasteiger partial charge is 0.261 e. The molecule has 3 rings (SSSR count). The highest BCUT2D eigenvalue weighted by Gasteiger charge is 2.15. The lowest BCUT2D eigenvalue weighted by atomic mass is 10.1. The maximum atomic E-state index is 12.2. The number of nitrogen functional groups attached to an aromatic ring is 1. The number of aryl methyl sites for hydroxylation is 2. The third-order valence-corrected chi connectivity index (χ3v) is 3.39. The molecule has 0 amide bonds. The molecule has 0 spiro atoms. The highest BCUT2D eigenvalue weighted by atomic mass is 16.3. The van der Waals surface area contributed by atoms with Gasteiger partial charge in [-0.05, 0) is 12.1 Å². The summed E-state index contributed by atoms with van der Waals surface area (Å²) in [5.74, 6) is 0.789. The molecule has 0 fully saturated rings. The fraction of sp³-hybridized carbons (Fsp3) is 0.200. The lowest BCUT2D eigenvalue weighted by Gasteiger charge is -2.07. The molecule has 3 aromatic rings. The van der Waals surface area contributed by atoms with Crippen molar-refractivity contribution in [2.24, 2.45) is 7.05 Å². The molecule has 3 aromatic heterocycles. The van der Waals surface area contributed by atoms with E-state index in [1.165, 1.54) is 0 Å². The minimum Gasteiger partial charge on any atom is -0.460 e. The topological polar surface area (TPSA) is 74.0 Å². The summed E-state index contributed by atoms with van der Waals surface area (Å²) in [6.45, 7) is 1.99. The molecule has 0 saturated heterocycles. The van der Waals surface area contributed by atoms with Gasteiger partial charge in [0.2, 0.25) is 0 Å². The second-order valence-corrected chi connectivity index (χ2v) is 4.73. The summed E-state index contributed by atoms with van der Waals surface area (Å²) in [4.78, 5) is 16.2. The van der Waals surface area contributed by atoms with Gasteiger partial charge in [0.25, 0.3) is 5.56 Å². The Labute approximate surface area is 115 Å². The Morgan fingerprint density at radius 1 is 1.40 bits per heavy atom. The van der Waals surface area contributed by atoms with E-state index in [0.29, 0.717) is 16.7 Å². The second-order valence-electron chi connectivity index (χ2n) is 4.73. The molecule has 2 N–H and O–H groups in total. The van der Waals surface area contributed by atoms with E-state index in [9.17, 15) is 4.79 Å². The number of nitrogens with two attached hydrogens (primary N) is 1. The maximum Gasteiger partial charge on any atom is 0.261 e. The van der Waals surface area contributed by atoms with Crippen LogP contribution in [0.1, 0.15) is 12.7 Å². The summed E-state index contributed by atoms with van der Waals surface area (Å²) in [6.07, 6.45) is 5.75. The normalized spacial score (nSPS) is 11.1. The predicted octanol–water partition coefficient (Wildman–Crippen LogP) is 2.34. The van der Waals surface area contributed by atoms with Gasteiger partial charge in [-0.1, -0.05) is 6.92 Å². The molecule has 0 bridgehead atoms. The van der Waals surface area contributed by atoms with Gasteiger partial charge in [0.05, 0.1) is 17.3 Å². The van der Waals surface area contributed by atoms with Crippen molar-refractivity contribution < 1.29 is 4.42 Å². The van der Waals surface area contributed by atoms with Gasteiger partial charge in [-0.15, -0.1) is 0 Å². The number of anilines is 1. The summed E-state index contributed by atoms with van der Waals surface area (Å²) >= 11 is 0. The molecule has 0 unspecified atom stereocenters. The van der Waals surface area contributed by atoms with Gasteiger partial charge >= 0.3 is 0 Å². The molecule has 0 atom stereocenters. The molecule has 0 aromatic carbocycles. The first-order valence-electron chi connectivity index (χ1n) is 6.43. The van der Waals surface area contributed by atoms with Crippen molar-refractivity contribution >= 4 is 16.7 Å². The number of aromatic nitrogens is 2. The SMILES string of the molecule is CCc1cc2c(=O)n(C)cc(-c3ccncc3N)c2o1. The van der Waals surface area contributed by atoms with E-state index in [1.807, 2.05) is 13.0 Å². The van der Waals surface area contributed by atoms with Crippen LogP contribution in [0, 0.1) is 0 Å². The van der Waals surface area contributed by atoms with Gasteiger partial charge in [-0.3, -0.25) is 9.78 Å². The van der Waals surface area contributed by atoms with Crippen molar-refractivity contribution in [1.82, 2.24) is 9.55 Å². The lowest BCUT2D eigenvalue weighted by Crippen LogP contribution is -2.15. The van der Waals surface area contributed by atoms with Crippen LogP contribution in [0.4, 0.5) is 5.69 Å². The summed E-state index contributed by atoms with van der Waals surface area (Å²) in [6, 6.07) is 3.63. The van der Waals surface area contributed by atoms with Crippen molar-refractivity contribution in [1.29, 1.82) is 0 Å². The molecular formula is C15H15N3O2. The Bertz CT molecular complexity index is 846. The number of fused-ring (bicyclic) bond motifs is 1. The zero-order valence-electron chi connectivity index (χ0n) is 11.4. The fourth-order valence-corrected chi connectivity index (χ4v) is 2.32. The Balaban J connectivity index is 2.42. The summed E-state index contributed by atoms with van der Waals surface area (Å²) in [5.41, 5.74) is 8.68. The van der Waals surface area contributed by atoms with Gasteiger partial charge in [-0.25, -0.2) is 0 Å². The quantitative estimate of drug-likeness (QED) is 0.775. The standard InChI is InChI=1S/C15H15N3O2/c1-3-9-6-11-14(20-9)12(8-18(2)15(11)19)10-4-5-17-7-13(10)16/h4-8H,3,16H2,1-2H3. The summed E-state index contributed by atoms with van der Waals surface area (Å²) in [5, 5.41) is 0.582. The molecule has 0 radical (unpaired) electrons. The maximum absolute atomic E-state index is 12.2. The molecule has 5 nitrogen and oxygen atoms in total. The summed E-state index contributed by atoms with van der Waals surface area (Å²) < 4.78 is 7.35. The van der Waals surface area contributed by atoms with E-state index in [1.54, 1.807) is 36.3 Å². The first kappa shape index (κ1) is 12.5. The minimum atomic E-state index is -0.0696. The fourth-order valence-electron chi connectivity index (χ4n) is 2.32. The Morgan fingerprint density at radius 2 is 2.20 bits per heavy atom. The molecule has 5 heteroatoms. The number of hydrogen-bond acceptors (Lipinski definition) is 4. The highest BCUT2D eigenvalue weighted by Crippen LogP contribution is 2.32. The van der Waals surface area contributed by atoms with Crippen LogP contribution in [-0.2, 0) is 13.5 Å². The van der Waals surface area contributed by atoms with Crippen LogP contribution in [0.3, 0.4) is 0 Å². The van der Waals surface area contributed by atoms with E-state index < -0.39 is 0 Å². The van der Waals surface area contributed by atoms with Crippen molar-refractivity contribution in [2.75, 3.05) is 5.73 Å². The predicted molar refractivity (Wildman–Crippen MR) is 78.5 cm³/mol. The first-order valence-corrected chi connectivity index (χ1v) is 6.43. The average Bonchev–Trinajstić information content (AvgIpc) is 2.88. The molecule has 0 saturated carbocycles. The molecule has 20 heavy (non-hydrogen) atoms. The van der Waals surface area contributed by atoms with Gasteiger partial charge in [0.1, 0.15) is 11.3 Å². The zero-order chi connectivity index (χ0) is 14.3. The van der Waals surface area contributed by atoms with Crippen LogP contribution in [0.2, 0.25) is 0 Å². The van der Waals surface area contributed by atoms with Gasteiger partial charge in [-0.2, -0.15) is 0 Å². The highest BCUT2D eigenvalue weighted by molar-refractivity contribution is 5.94. The van der Waals surface area contributed by atoms with Crippen molar-refractivity contribution in [3.63, 3.8) is 0 Å². The van der Waals surface area contributed by atoms with Crippen LogP contribution in [0.25, 0.3) is 22.1 Å². The Morgan fingerprint density at radius 3 is 2.90 bits per heavy atom. The molecule has 102 valence electrons. The average molecular weight is 269 g/mol. The molecule has 0 aliphatic carbocycles. The van der Waals surface area contributed by atoms with E-state index in [2.05, 4.69) is 4.98 Å². The molecular weight excluding hydrogens is 254 g/mol. The summed E-state index contributed by atoms with van der Waals surface area (Å²) in [7, 11) is 1.72. The first-order chi connectivity index (χ1) is 9.61. The number of nitrogens with zero attached hydrogens (tertiary/aromatic N) is 2. The molecule has 3 heterocycles. The molecule has 0 aliphatic heterocycles. The van der Waals surface area contributed by atoms with Crippen molar-refractivity contribution in [2.45, 2.75) is 13.3 Å². The van der Waals surface area contributed by atoms with Gasteiger partial charge in [0, 0.05) is 37.0 Å².